The van der Waals surface area contributed by atoms with Crippen molar-refractivity contribution in [1.82, 2.24) is 0 Å². The minimum absolute atomic E-state index is 0.0613. The summed E-state index contributed by atoms with van der Waals surface area (Å²) in [5, 5.41) is 10.6. The Hall–Kier alpha value is -2.11. The van der Waals surface area contributed by atoms with Gasteiger partial charge < -0.3 is 9.47 Å². The highest BCUT2D eigenvalue weighted by Crippen LogP contribution is 2.24. The van der Waals surface area contributed by atoms with Crippen molar-refractivity contribution in [1.29, 1.82) is 0 Å². The summed E-state index contributed by atoms with van der Waals surface area (Å²) in [7, 11) is 0. The van der Waals surface area contributed by atoms with E-state index in [1.165, 1.54) is 12.1 Å². The molecule has 6 heteroatoms. The molecule has 0 saturated carbocycles. The van der Waals surface area contributed by atoms with Crippen molar-refractivity contribution in [3.05, 3.63) is 33.9 Å². The van der Waals surface area contributed by atoms with Gasteiger partial charge in [0.25, 0.3) is 12.2 Å². The highest BCUT2D eigenvalue weighted by atomic mass is 16.7. The van der Waals surface area contributed by atoms with Gasteiger partial charge in [-0.3, -0.25) is 14.9 Å². The molecule has 16 heavy (non-hydrogen) atoms. The summed E-state index contributed by atoms with van der Waals surface area (Å²) < 4.78 is 9.40. The van der Waals surface area contributed by atoms with Gasteiger partial charge in [-0.15, -0.1) is 0 Å². The van der Waals surface area contributed by atoms with Crippen LogP contribution in [0.25, 0.3) is 0 Å². The van der Waals surface area contributed by atoms with Gasteiger partial charge in [0, 0.05) is 11.6 Å². The minimum Gasteiger partial charge on any atom is -0.457 e. The van der Waals surface area contributed by atoms with Crippen LogP contribution in [-0.2, 0) is 16.0 Å². The van der Waals surface area contributed by atoms with Crippen LogP contribution in [-0.4, -0.2) is 18.2 Å². The van der Waals surface area contributed by atoms with Crippen molar-refractivity contribution in [3.63, 3.8) is 0 Å². The zero-order valence-electron chi connectivity index (χ0n) is 8.71. The molecule has 0 aliphatic rings. The molecule has 0 unspecified atom stereocenters. The molecular formula is C10H11NO5. The Labute approximate surface area is 91.9 Å². The van der Waals surface area contributed by atoms with Gasteiger partial charge >= 0.3 is 0 Å². The zero-order chi connectivity index (χ0) is 12.0. The fourth-order valence-corrected chi connectivity index (χ4v) is 1.24. The Balaban J connectivity index is 2.82. The molecule has 0 N–H and O–H groups in total. The fourth-order valence-electron chi connectivity index (χ4n) is 1.24. The lowest BCUT2D eigenvalue weighted by molar-refractivity contribution is -0.385. The largest absolute Gasteiger partial charge is 0.457 e. The monoisotopic (exact) mass is 225 g/mol. The Kier molecular flexibility index (Phi) is 4.26. The maximum atomic E-state index is 10.6. The van der Waals surface area contributed by atoms with Gasteiger partial charge in [0.15, 0.2) is 0 Å². The third-order valence-corrected chi connectivity index (χ3v) is 1.99. The lowest BCUT2D eigenvalue weighted by Crippen LogP contribution is -2.02. The summed E-state index contributed by atoms with van der Waals surface area (Å²) in [5.41, 5.74) is 0.639. The lowest BCUT2D eigenvalue weighted by atomic mass is 10.1. The second-order valence-corrected chi connectivity index (χ2v) is 2.93. The summed E-state index contributed by atoms with van der Waals surface area (Å²) in [5.74, 6) is 0.435. The molecule has 1 rings (SSSR count). The first-order chi connectivity index (χ1) is 7.69. The number of hydrogen-bond acceptors (Lipinski definition) is 5. The average Bonchev–Trinajstić information content (AvgIpc) is 2.29. The summed E-state index contributed by atoms with van der Waals surface area (Å²) in [6, 6.07) is 4.40. The van der Waals surface area contributed by atoms with Crippen LogP contribution >= 0.6 is 0 Å². The molecule has 0 spiro atoms. The van der Waals surface area contributed by atoms with Crippen molar-refractivity contribution in [2.45, 2.75) is 13.3 Å². The second-order valence-electron chi connectivity index (χ2n) is 2.93. The van der Waals surface area contributed by atoms with Crippen LogP contribution in [0.1, 0.15) is 12.5 Å². The Morgan fingerprint density at radius 3 is 2.81 bits per heavy atom. The Bertz CT molecular complexity index is 391. The molecule has 0 atom stereocenters. The van der Waals surface area contributed by atoms with E-state index in [0.29, 0.717) is 17.7 Å². The second kappa shape index (κ2) is 5.69. The van der Waals surface area contributed by atoms with Crippen LogP contribution in [0.4, 0.5) is 5.69 Å². The van der Waals surface area contributed by atoms with Gasteiger partial charge in [-0.1, -0.05) is 6.92 Å². The summed E-state index contributed by atoms with van der Waals surface area (Å²) in [6.07, 6.45) is 0.530. The van der Waals surface area contributed by atoms with Gasteiger partial charge in [-0.05, 0) is 18.6 Å². The highest BCUT2D eigenvalue weighted by molar-refractivity contribution is 5.45. The number of nitrogens with zero attached hydrogens (tertiary/aromatic N) is 1. The normalized spacial score (nSPS) is 9.56. The number of benzene rings is 1. The van der Waals surface area contributed by atoms with Crippen LogP contribution in [0.3, 0.4) is 0 Å². The number of ether oxygens (including phenoxy) is 2. The van der Waals surface area contributed by atoms with E-state index >= 15 is 0 Å². The molecule has 1 aromatic carbocycles. The van der Waals surface area contributed by atoms with Gasteiger partial charge in [0.2, 0.25) is 6.79 Å². The van der Waals surface area contributed by atoms with Gasteiger partial charge in [0.05, 0.1) is 4.92 Å². The van der Waals surface area contributed by atoms with Crippen molar-refractivity contribution in [3.8, 4) is 5.75 Å². The molecule has 0 saturated heterocycles. The molecule has 0 bridgehead atoms. The topological polar surface area (TPSA) is 78.7 Å². The molecule has 0 heterocycles. The lowest BCUT2D eigenvalue weighted by Gasteiger charge is -2.06. The number of hydrogen-bond donors (Lipinski definition) is 0. The number of nitro benzene ring substituents is 1. The van der Waals surface area contributed by atoms with Gasteiger partial charge in [-0.2, -0.15) is 0 Å². The van der Waals surface area contributed by atoms with E-state index in [4.69, 9.17) is 4.74 Å². The van der Waals surface area contributed by atoms with E-state index in [0.717, 1.165) is 0 Å². The molecule has 0 radical (unpaired) electrons. The molecule has 0 amide bonds. The molecule has 1 aromatic rings. The van der Waals surface area contributed by atoms with Crippen molar-refractivity contribution in [2.75, 3.05) is 6.79 Å². The third kappa shape index (κ3) is 2.94. The van der Waals surface area contributed by atoms with Gasteiger partial charge in [0.1, 0.15) is 5.75 Å². The molecule has 6 nitrogen and oxygen atoms in total. The predicted molar refractivity (Wildman–Crippen MR) is 55.1 cm³/mol. The number of aryl methyl sites for hydroxylation is 1. The number of rotatable bonds is 6. The highest BCUT2D eigenvalue weighted by Gasteiger charge is 2.12. The zero-order valence-corrected chi connectivity index (χ0v) is 8.71. The van der Waals surface area contributed by atoms with E-state index in [1.807, 2.05) is 6.92 Å². The summed E-state index contributed by atoms with van der Waals surface area (Å²) in [4.78, 5) is 20.1. The Morgan fingerprint density at radius 1 is 1.50 bits per heavy atom. The summed E-state index contributed by atoms with van der Waals surface area (Å²) >= 11 is 0. The standard InChI is InChI=1S/C10H11NO5/c1-2-8-5-9(16-7-15-6-12)3-4-10(8)11(13)14/h3-6H,2,7H2,1H3. The molecule has 0 aliphatic heterocycles. The number of nitro groups is 1. The smallest absolute Gasteiger partial charge is 0.295 e. The Morgan fingerprint density at radius 2 is 2.25 bits per heavy atom. The van der Waals surface area contributed by atoms with E-state index in [9.17, 15) is 14.9 Å². The van der Waals surface area contributed by atoms with Crippen LogP contribution in [0, 0.1) is 10.1 Å². The third-order valence-electron chi connectivity index (χ3n) is 1.99. The average molecular weight is 225 g/mol. The molecule has 86 valence electrons. The number of carbonyl (C=O) groups is 1. The van der Waals surface area contributed by atoms with E-state index in [1.54, 1.807) is 6.07 Å². The first-order valence-electron chi connectivity index (χ1n) is 4.64. The molecular weight excluding hydrogens is 214 g/mol. The maximum absolute atomic E-state index is 10.6. The van der Waals surface area contributed by atoms with E-state index < -0.39 is 4.92 Å². The first-order valence-corrected chi connectivity index (χ1v) is 4.64. The van der Waals surface area contributed by atoms with Crippen LogP contribution < -0.4 is 4.74 Å². The van der Waals surface area contributed by atoms with Crippen LogP contribution in [0.2, 0.25) is 0 Å². The van der Waals surface area contributed by atoms with Crippen LogP contribution in [0.5, 0.6) is 5.75 Å². The quantitative estimate of drug-likeness (QED) is 0.242. The minimum atomic E-state index is -0.440. The predicted octanol–water partition coefficient (Wildman–Crippen LogP) is 1.67. The van der Waals surface area contributed by atoms with Crippen molar-refractivity contribution >= 4 is 12.2 Å². The fraction of sp³-hybridized carbons (Fsp3) is 0.300. The van der Waals surface area contributed by atoms with Gasteiger partial charge in [-0.25, -0.2) is 0 Å². The van der Waals surface area contributed by atoms with Crippen molar-refractivity contribution in [2.24, 2.45) is 0 Å². The molecule has 0 fully saturated rings. The first kappa shape index (κ1) is 12.0. The van der Waals surface area contributed by atoms with Crippen molar-refractivity contribution < 1.29 is 19.2 Å². The molecule has 0 aliphatic carbocycles. The van der Waals surface area contributed by atoms with E-state index in [2.05, 4.69) is 4.74 Å². The maximum Gasteiger partial charge on any atom is 0.295 e. The SMILES string of the molecule is CCc1cc(OCOC=O)ccc1[N+](=O)[O-]. The summed E-state index contributed by atoms with van der Waals surface area (Å²) in [6.45, 7) is 1.88. The number of carbonyl (C=O) groups excluding carboxylic acids is 1. The molecule has 0 aromatic heterocycles. The van der Waals surface area contributed by atoms with E-state index in [-0.39, 0.29) is 19.0 Å². The van der Waals surface area contributed by atoms with Crippen LogP contribution in [0.15, 0.2) is 18.2 Å².